The number of hydrogen-bond donors (Lipinski definition) is 1. The molecule has 0 saturated heterocycles. The van der Waals surface area contributed by atoms with Crippen molar-refractivity contribution in [1.29, 1.82) is 0 Å². The van der Waals surface area contributed by atoms with E-state index in [0.29, 0.717) is 0 Å². The van der Waals surface area contributed by atoms with Gasteiger partial charge in [-0.05, 0) is 44.9 Å². The van der Waals surface area contributed by atoms with Crippen LogP contribution in [0.3, 0.4) is 0 Å². The van der Waals surface area contributed by atoms with E-state index in [9.17, 15) is 0 Å². The third kappa shape index (κ3) is 4.17. The second-order valence-electron chi connectivity index (χ2n) is 6.17. The van der Waals surface area contributed by atoms with Gasteiger partial charge in [-0.1, -0.05) is 30.7 Å². The number of nitrogens with zero attached hydrogens (tertiary/aromatic N) is 3. The molecule has 4 nitrogen and oxygen atoms in total. The Morgan fingerprint density at radius 1 is 1.15 bits per heavy atom. The quantitative estimate of drug-likeness (QED) is 0.909. The Morgan fingerprint density at radius 2 is 1.85 bits per heavy atom. The lowest BCUT2D eigenvalue weighted by Gasteiger charge is -2.19. The summed E-state index contributed by atoms with van der Waals surface area (Å²) in [4.78, 5) is 0. The van der Waals surface area contributed by atoms with E-state index in [0.717, 1.165) is 24.3 Å². The van der Waals surface area contributed by atoms with Gasteiger partial charge in [0.05, 0.1) is 17.6 Å². The molecule has 2 rings (SSSR count). The van der Waals surface area contributed by atoms with E-state index in [2.05, 4.69) is 67.6 Å². The Bertz CT molecular complexity index is 534. The summed E-state index contributed by atoms with van der Waals surface area (Å²) in [6.07, 6.45) is 4.28. The largest absolute Gasteiger partial charge is 0.306 e. The number of aryl methyl sites for hydroxylation is 1. The molecule has 1 aromatic heterocycles. The molecule has 0 radical (unpaired) electrons. The van der Waals surface area contributed by atoms with E-state index in [4.69, 9.17) is 0 Å². The van der Waals surface area contributed by atoms with E-state index in [1.54, 1.807) is 0 Å². The minimum absolute atomic E-state index is 0.0889. The van der Waals surface area contributed by atoms with Crippen molar-refractivity contribution in [2.75, 3.05) is 0 Å². The van der Waals surface area contributed by atoms with Crippen LogP contribution in [0.2, 0.25) is 0 Å². The van der Waals surface area contributed by atoms with Gasteiger partial charge in [-0.2, -0.15) is 0 Å². The summed E-state index contributed by atoms with van der Waals surface area (Å²) >= 11 is 0. The van der Waals surface area contributed by atoms with Crippen LogP contribution in [-0.4, -0.2) is 20.5 Å². The van der Waals surface area contributed by atoms with Gasteiger partial charge in [0.1, 0.15) is 0 Å². The SMILES string of the molecule is CCCc1ccc(-n2cc(CNC(C)(C)C)nn2)cc1. The lowest BCUT2D eigenvalue weighted by Crippen LogP contribution is -2.35. The van der Waals surface area contributed by atoms with E-state index < -0.39 is 0 Å². The molecule has 0 aliphatic heterocycles. The molecule has 0 aliphatic carbocycles. The Hall–Kier alpha value is -1.68. The van der Waals surface area contributed by atoms with Gasteiger partial charge >= 0.3 is 0 Å². The molecule has 20 heavy (non-hydrogen) atoms. The number of hydrogen-bond acceptors (Lipinski definition) is 3. The number of aromatic nitrogens is 3. The number of benzene rings is 1. The van der Waals surface area contributed by atoms with Crippen LogP contribution < -0.4 is 5.32 Å². The van der Waals surface area contributed by atoms with Crippen molar-refractivity contribution in [3.8, 4) is 5.69 Å². The van der Waals surface area contributed by atoms with Crippen LogP contribution in [0.25, 0.3) is 5.69 Å². The normalized spacial score (nSPS) is 11.8. The first-order valence-corrected chi connectivity index (χ1v) is 7.23. The van der Waals surface area contributed by atoms with Gasteiger partial charge in [0.2, 0.25) is 0 Å². The Kier molecular flexibility index (Phi) is 4.55. The van der Waals surface area contributed by atoms with Crippen LogP contribution in [0.15, 0.2) is 30.5 Å². The van der Waals surface area contributed by atoms with Crippen LogP contribution in [0.1, 0.15) is 45.4 Å². The molecule has 1 heterocycles. The fourth-order valence-corrected chi connectivity index (χ4v) is 1.97. The molecule has 1 N–H and O–H groups in total. The van der Waals surface area contributed by atoms with Crippen LogP contribution in [0.5, 0.6) is 0 Å². The third-order valence-electron chi connectivity index (χ3n) is 3.08. The van der Waals surface area contributed by atoms with Gasteiger partial charge in [-0.25, -0.2) is 4.68 Å². The summed E-state index contributed by atoms with van der Waals surface area (Å²) in [6.45, 7) is 9.36. The first-order chi connectivity index (χ1) is 9.48. The molecule has 0 saturated carbocycles. The van der Waals surface area contributed by atoms with Crippen molar-refractivity contribution in [1.82, 2.24) is 20.3 Å². The van der Waals surface area contributed by atoms with E-state index in [1.165, 1.54) is 12.0 Å². The molecular formula is C16H24N4. The van der Waals surface area contributed by atoms with Crippen molar-refractivity contribution in [3.63, 3.8) is 0 Å². The Labute approximate surface area is 121 Å². The standard InChI is InChI=1S/C16H24N4/c1-5-6-13-7-9-15(10-8-13)20-12-14(18-19-20)11-17-16(2,3)4/h7-10,12,17H,5-6,11H2,1-4H3. The van der Waals surface area contributed by atoms with E-state index >= 15 is 0 Å². The number of nitrogens with one attached hydrogen (secondary N) is 1. The minimum atomic E-state index is 0.0889. The summed E-state index contributed by atoms with van der Waals surface area (Å²) < 4.78 is 1.83. The lowest BCUT2D eigenvalue weighted by atomic mass is 10.1. The summed E-state index contributed by atoms with van der Waals surface area (Å²) in [7, 11) is 0. The smallest absolute Gasteiger partial charge is 0.0969 e. The predicted molar refractivity (Wildman–Crippen MR) is 81.9 cm³/mol. The lowest BCUT2D eigenvalue weighted by molar-refractivity contribution is 0.421. The summed E-state index contributed by atoms with van der Waals surface area (Å²) in [6, 6.07) is 8.52. The monoisotopic (exact) mass is 272 g/mol. The molecule has 0 unspecified atom stereocenters. The van der Waals surface area contributed by atoms with Gasteiger partial charge < -0.3 is 5.32 Å². The Morgan fingerprint density at radius 3 is 2.45 bits per heavy atom. The maximum Gasteiger partial charge on any atom is 0.0969 e. The molecule has 0 bridgehead atoms. The van der Waals surface area contributed by atoms with E-state index in [-0.39, 0.29) is 5.54 Å². The highest BCUT2D eigenvalue weighted by atomic mass is 15.4. The minimum Gasteiger partial charge on any atom is -0.306 e. The Balaban J connectivity index is 2.04. The van der Waals surface area contributed by atoms with Crippen LogP contribution in [-0.2, 0) is 13.0 Å². The topological polar surface area (TPSA) is 42.7 Å². The fraction of sp³-hybridized carbons (Fsp3) is 0.500. The molecular weight excluding hydrogens is 248 g/mol. The predicted octanol–water partition coefficient (Wildman–Crippen LogP) is 3.11. The van der Waals surface area contributed by atoms with Crippen molar-refractivity contribution in [2.45, 2.75) is 52.6 Å². The highest BCUT2D eigenvalue weighted by Gasteiger charge is 2.10. The first kappa shape index (κ1) is 14.7. The van der Waals surface area contributed by atoms with Crippen molar-refractivity contribution < 1.29 is 0 Å². The zero-order chi connectivity index (χ0) is 14.6. The van der Waals surface area contributed by atoms with E-state index in [1.807, 2.05) is 10.9 Å². The third-order valence-corrected chi connectivity index (χ3v) is 3.08. The first-order valence-electron chi connectivity index (χ1n) is 7.23. The molecule has 0 spiro atoms. The van der Waals surface area contributed by atoms with Crippen LogP contribution >= 0.6 is 0 Å². The van der Waals surface area contributed by atoms with Gasteiger partial charge in [0, 0.05) is 12.1 Å². The molecule has 0 aliphatic rings. The zero-order valence-corrected chi connectivity index (χ0v) is 12.8. The van der Waals surface area contributed by atoms with Crippen LogP contribution in [0, 0.1) is 0 Å². The molecule has 1 aromatic carbocycles. The van der Waals surface area contributed by atoms with Gasteiger partial charge in [0.25, 0.3) is 0 Å². The fourth-order valence-electron chi connectivity index (χ4n) is 1.97. The van der Waals surface area contributed by atoms with Crippen molar-refractivity contribution in [3.05, 3.63) is 41.7 Å². The van der Waals surface area contributed by atoms with Gasteiger partial charge in [-0.3, -0.25) is 0 Å². The molecule has 0 amide bonds. The average molecular weight is 272 g/mol. The second-order valence-corrected chi connectivity index (χ2v) is 6.17. The summed E-state index contributed by atoms with van der Waals surface area (Å²) in [5.74, 6) is 0. The van der Waals surface area contributed by atoms with Crippen LogP contribution in [0.4, 0.5) is 0 Å². The highest BCUT2D eigenvalue weighted by Crippen LogP contribution is 2.11. The summed E-state index contributed by atoms with van der Waals surface area (Å²) in [5.41, 5.74) is 3.47. The second kappa shape index (κ2) is 6.18. The van der Waals surface area contributed by atoms with Crippen molar-refractivity contribution in [2.24, 2.45) is 0 Å². The maximum atomic E-state index is 4.20. The highest BCUT2D eigenvalue weighted by molar-refractivity contribution is 5.33. The molecule has 2 aromatic rings. The van der Waals surface area contributed by atoms with Gasteiger partial charge in [0.15, 0.2) is 0 Å². The average Bonchev–Trinajstić information content (AvgIpc) is 2.86. The molecule has 0 fully saturated rings. The summed E-state index contributed by atoms with van der Waals surface area (Å²) in [5, 5.41) is 11.8. The molecule has 0 atom stereocenters. The molecule has 108 valence electrons. The molecule has 4 heteroatoms. The van der Waals surface area contributed by atoms with Crippen molar-refractivity contribution >= 4 is 0 Å². The zero-order valence-electron chi connectivity index (χ0n) is 12.8. The van der Waals surface area contributed by atoms with Gasteiger partial charge in [-0.15, -0.1) is 5.10 Å². The maximum absolute atomic E-state index is 4.20. The number of rotatable bonds is 5.